The fourth-order valence-electron chi connectivity index (χ4n) is 10.5. The molecule has 0 N–H and O–H groups in total. The number of hydrogen-bond acceptors (Lipinski definition) is 4. The van der Waals surface area contributed by atoms with Gasteiger partial charge in [0.05, 0.1) is 22.8 Å². The Balaban J connectivity index is 1.19. The fraction of sp³-hybridized carbons (Fsp3) is 0.0370. The highest BCUT2D eigenvalue weighted by Gasteiger charge is 2.53. The minimum Gasteiger partial charge on any atom is -0.311 e. The summed E-state index contributed by atoms with van der Waals surface area (Å²) in [6, 6.07) is 69.2. The van der Waals surface area contributed by atoms with Crippen molar-refractivity contribution in [2.75, 3.05) is 9.80 Å². The van der Waals surface area contributed by atoms with Gasteiger partial charge in [0.1, 0.15) is 8.07 Å². The molecule has 282 valence electrons. The summed E-state index contributed by atoms with van der Waals surface area (Å²) in [7, 11) is -2.58. The van der Waals surface area contributed by atoms with E-state index in [1.54, 1.807) is 0 Å². The quantitative estimate of drug-likeness (QED) is 0.158. The Hall–Kier alpha value is -7.28. The third-order valence-corrected chi connectivity index (χ3v) is 17.6. The third kappa shape index (κ3) is 4.98. The predicted molar refractivity (Wildman–Crippen MR) is 254 cm³/mol. The Morgan fingerprint density at radius 2 is 0.950 bits per heavy atom. The second-order valence-corrected chi connectivity index (χ2v) is 20.2. The zero-order valence-electron chi connectivity index (χ0n) is 33.4. The van der Waals surface area contributed by atoms with Crippen LogP contribution in [0, 0.1) is 6.92 Å². The summed E-state index contributed by atoms with van der Waals surface area (Å²) < 4.78 is 0. The fourth-order valence-corrected chi connectivity index (χ4v) is 14.8. The first-order valence-corrected chi connectivity index (χ1v) is 23.3. The van der Waals surface area contributed by atoms with Gasteiger partial charge in [-0.2, -0.15) is 0 Å². The van der Waals surface area contributed by atoms with Gasteiger partial charge in [0.25, 0.3) is 6.71 Å². The number of aromatic nitrogens is 2. The molecule has 3 aliphatic heterocycles. The minimum absolute atomic E-state index is 0.0542. The molecule has 9 aromatic rings. The molecule has 0 spiro atoms. The molecule has 0 radical (unpaired) electrons. The lowest BCUT2D eigenvalue weighted by molar-refractivity contribution is 1.23. The van der Waals surface area contributed by atoms with Gasteiger partial charge in [0.15, 0.2) is 0 Å². The first kappa shape index (κ1) is 34.7. The van der Waals surface area contributed by atoms with Crippen molar-refractivity contribution >= 4 is 80.9 Å². The van der Waals surface area contributed by atoms with Gasteiger partial charge in [-0.1, -0.05) is 144 Å². The number of hydrogen-bond donors (Lipinski definition) is 0. The van der Waals surface area contributed by atoms with Crippen LogP contribution in [0.25, 0.3) is 33.6 Å². The van der Waals surface area contributed by atoms with Gasteiger partial charge in [-0.15, -0.1) is 0 Å². The van der Waals surface area contributed by atoms with E-state index < -0.39 is 8.07 Å². The molecule has 6 heteroatoms. The zero-order valence-corrected chi connectivity index (χ0v) is 34.4. The third-order valence-electron chi connectivity index (χ3n) is 13.1. The van der Waals surface area contributed by atoms with Crippen molar-refractivity contribution in [3.05, 3.63) is 206 Å². The van der Waals surface area contributed by atoms with Crippen LogP contribution < -0.4 is 41.7 Å². The Morgan fingerprint density at radius 1 is 0.417 bits per heavy atom. The van der Waals surface area contributed by atoms with E-state index in [0.717, 1.165) is 39.5 Å². The van der Waals surface area contributed by atoms with Crippen LogP contribution >= 0.6 is 0 Å². The number of nitrogens with zero attached hydrogens (tertiary/aromatic N) is 4. The molecule has 2 aromatic heterocycles. The van der Waals surface area contributed by atoms with Crippen LogP contribution in [0.2, 0.25) is 6.55 Å². The second-order valence-electron chi connectivity index (χ2n) is 16.3. The van der Waals surface area contributed by atoms with Crippen molar-refractivity contribution in [2.45, 2.75) is 13.5 Å². The van der Waals surface area contributed by atoms with E-state index in [0.29, 0.717) is 0 Å². The molecular weight excluding hydrogens is 744 g/mol. The molecule has 5 heterocycles. The van der Waals surface area contributed by atoms with Gasteiger partial charge in [0, 0.05) is 46.3 Å². The van der Waals surface area contributed by atoms with E-state index in [-0.39, 0.29) is 6.71 Å². The summed E-state index contributed by atoms with van der Waals surface area (Å²) in [5.74, 6) is 0. The molecular formula is C54H39BN4Si. The summed E-state index contributed by atoms with van der Waals surface area (Å²) in [6.45, 7) is 4.87. The predicted octanol–water partition coefficient (Wildman–Crippen LogP) is 9.28. The number of para-hydroxylation sites is 2. The molecule has 0 aliphatic carbocycles. The van der Waals surface area contributed by atoms with Crippen molar-refractivity contribution in [2.24, 2.45) is 0 Å². The largest absolute Gasteiger partial charge is 0.311 e. The normalized spacial score (nSPS) is 15.5. The van der Waals surface area contributed by atoms with E-state index in [9.17, 15) is 0 Å². The van der Waals surface area contributed by atoms with Gasteiger partial charge < -0.3 is 9.80 Å². The monoisotopic (exact) mass is 782 g/mol. The summed E-state index contributed by atoms with van der Waals surface area (Å²) in [6.07, 6.45) is 3.85. The molecule has 60 heavy (non-hydrogen) atoms. The summed E-state index contributed by atoms with van der Waals surface area (Å²) in [4.78, 5) is 15.1. The van der Waals surface area contributed by atoms with E-state index in [2.05, 4.69) is 205 Å². The van der Waals surface area contributed by atoms with Crippen molar-refractivity contribution in [3.8, 4) is 33.6 Å². The highest BCUT2D eigenvalue weighted by molar-refractivity contribution is 7.21. The Morgan fingerprint density at radius 3 is 1.57 bits per heavy atom. The minimum atomic E-state index is -2.58. The lowest BCUT2D eigenvalue weighted by Gasteiger charge is -2.51. The molecule has 7 aromatic carbocycles. The maximum absolute atomic E-state index is 5.06. The highest BCUT2D eigenvalue weighted by Crippen LogP contribution is 2.48. The van der Waals surface area contributed by atoms with E-state index in [1.807, 2.05) is 18.5 Å². The molecule has 3 aliphatic rings. The van der Waals surface area contributed by atoms with Crippen LogP contribution in [0.3, 0.4) is 0 Å². The average Bonchev–Trinajstić information content (AvgIpc) is 3.31. The number of aryl methyl sites for hydroxylation is 1. The van der Waals surface area contributed by atoms with Crippen LogP contribution in [-0.4, -0.2) is 24.8 Å². The molecule has 12 rings (SSSR count). The van der Waals surface area contributed by atoms with Crippen LogP contribution in [0.1, 0.15) is 5.56 Å². The van der Waals surface area contributed by atoms with E-state index >= 15 is 0 Å². The molecule has 0 bridgehead atoms. The summed E-state index contributed by atoms with van der Waals surface area (Å²) in [5.41, 5.74) is 18.9. The molecule has 1 unspecified atom stereocenters. The van der Waals surface area contributed by atoms with Crippen LogP contribution in [0.5, 0.6) is 0 Å². The number of benzene rings is 7. The molecule has 0 amide bonds. The standard InChI is InChI=1S/C54H39BN4Si/c1-36-33-48-52-49(34-36)59(45-25-12-10-22-41(45)43-35-38(30-32-57-43)37-17-5-3-6-18-37)47-27-16-29-51-54(47)55(52)53-46(26-15-28-50(53)60(51,2)39-19-7-4-8-20-39)58(48)44-24-11-9-21-40(44)42-23-13-14-31-56-42/h3-35H,1-2H3. The summed E-state index contributed by atoms with van der Waals surface area (Å²) >= 11 is 0. The molecule has 0 fully saturated rings. The van der Waals surface area contributed by atoms with Gasteiger partial charge in [-0.3, -0.25) is 9.97 Å². The molecule has 0 saturated heterocycles. The van der Waals surface area contributed by atoms with Crippen LogP contribution in [0.15, 0.2) is 200 Å². The zero-order chi connectivity index (χ0) is 40.0. The topological polar surface area (TPSA) is 32.3 Å². The Labute approximate surface area is 352 Å². The number of anilines is 6. The molecule has 1 atom stereocenters. The summed E-state index contributed by atoms with van der Waals surface area (Å²) in [5, 5.41) is 4.38. The lowest BCUT2D eigenvalue weighted by atomic mass is 9.33. The lowest BCUT2D eigenvalue weighted by Crippen LogP contribution is -2.83. The maximum Gasteiger partial charge on any atom is 0.251 e. The van der Waals surface area contributed by atoms with E-state index in [1.165, 1.54) is 65.8 Å². The SMILES string of the molecule is Cc1cc2c3c(c1)N(c1ccccc1-c1cc(-c4ccccc4)ccn1)c1cccc4c1B3c1c(cccc1[Si]4(C)c1ccccc1)N2c1ccccc1-c1ccccn1. The first-order chi connectivity index (χ1) is 29.6. The van der Waals surface area contributed by atoms with Crippen molar-refractivity contribution in [3.63, 3.8) is 0 Å². The second kappa shape index (κ2) is 13.4. The molecule has 0 saturated carbocycles. The van der Waals surface area contributed by atoms with Crippen molar-refractivity contribution < 1.29 is 0 Å². The smallest absolute Gasteiger partial charge is 0.251 e. The first-order valence-electron chi connectivity index (χ1n) is 20.8. The van der Waals surface area contributed by atoms with Crippen LogP contribution in [0.4, 0.5) is 34.1 Å². The van der Waals surface area contributed by atoms with Gasteiger partial charge in [-0.25, -0.2) is 0 Å². The van der Waals surface area contributed by atoms with Crippen molar-refractivity contribution in [1.82, 2.24) is 9.97 Å². The Kier molecular flexibility index (Phi) is 7.75. The number of rotatable bonds is 6. The average molecular weight is 783 g/mol. The highest BCUT2D eigenvalue weighted by atomic mass is 28.3. The number of pyridine rings is 2. The van der Waals surface area contributed by atoms with Crippen molar-refractivity contribution in [1.29, 1.82) is 0 Å². The van der Waals surface area contributed by atoms with E-state index in [4.69, 9.17) is 9.97 Å². The van der Waals surface area contributed by atoms with Gasteiger partial charge in [-0.05, 0) is 106 Å². The Bertz CT molecular complexity index is 3150. The molecule has 4 nitrogen and oxygen atoms in total. The van der Waals surface area contributed by atoms with Crippen LogP contribution in [-0.2, 0) is 0 Å². The van der Waals surface area contributed by atoms with Gasteiger partial charge >= 0.3 is 0 Å². The maximum atomic E-state index is 5.06. The van der Waals surface area contributed by atoms with Gasteiger partial charge in [0.2, 0.25) is 0 Å².